The number of carbonyl (C=O) groups excluding carboxylic acids is 1. The number of thiol groups is 1. The molecule has 0 heterocycles. The normalized spacial score (nSPS) is 12.0. The number of hydrogen-bond donors (Lipinski definition) is 2. The lowest BCUT2D eigenvalue weighted by molar-refractivity contribution is 0.0940. The first kappa shape index (κ1) is 16.5. The average molecular weight is 361 g/mol. The van der Waals surface area contributed by atoms with Crippen LogP contribution in [-0.2, 0) is 0 Å². The van der Waals surface area contributed by atoms with Gasteiger partial charge < -0.3 is 5.32 Å². The van der Waals surface area contributed by atoms with Gasteiger partial charge in [-0.05, 0) is 42.8 Å². The zero-order valence-corrected chi connectivity index (χ0v) is 14.2. The SMILES string of the molecule is CC(NC(=O)c1cc(S)ccc1Cl)c1ccc(Cl)cc1Cl. The van der Waals surface area contributed by atoms with Crippen LogP contribution in [-0.4, -0.2) is 5.91 Å². The molecule has 2 aromatic carbocycles. The zero-order valence-electron chi connectivity index (χ0n) is 11.0. The van der Waals surface area contributed by atoms with Gasteiger partial charge in [0.15, 0.2) is 0 Å². The first-order valence-electron chi connectivity index (χ1n) is 6.13. The van der Waals surface area contributed by atoms with Crippen molar-refractivity contribution in [2.75, 3.05) is 0 Å². The van der Waals surface area contributed by atoms with Crippen LogP contribution in [0.25, 0.3) is 0 Å². The van der Waals surface area contributed by atoms with E-state index in [4.69, 9.17) is 34.8 Å². The monoisotopic (exact) mass is 359 g/mol. The molecule has 110 valence electrons. The van der Waals surface area contributed by atoms with E-state index in [1.54, 1.807) is 36.4 Å². The third-order valence-electron chi connectivity index (χ3n) is 2.97. The Labute approximate surface area is 143 Å². The van der Waals surface area contributed by atoms with Gasteiger partial charge >= 0.3 is 0 Å². The molecule has 1 unspecified atom stereocenters. The Morgan fingerprint density at radius 3 is 2.48 bits per heavy atom. The second-order valence-electron chi connectivity index (χ2n) is 4.53. The highest BCUT2D eigenvalue weighted by Gasteiger charge is 2.16. The third-order valence-corrected chi connectivity index (χ3v) is 4.14. The smallest absolute Gasteiger partial charge is 0.253 e. The number of amides is 1. The maximum Gasteiger partial charge on any atom is 0.253 e. The Kier molecular flexibility index (Phi) is 5.44. The van der Waals surface area contributed by atoms with Crippen LogP contribution in [0.2, 0.25) is 15.1 Å². The van der Waals surface area contributed by atoms with Gasteiger partial charge in [-0.25, -0.2) is 0 Å². The largest absolute Gasteiger partial charge is 0.345 e. The number of halogens is 3. The Morgan fingerprint density at radius 1 is 1.10 bits per heavy atom. The Hall–Kier alpha value is -0.870. The maximum absolute atomic E-state index is 12.3. The fourth-order valence-corrected chi connectivity index (χ4v) is 2.87. The average Bonchev–Trinajstić information content (AvgIpc) is 2.41. The van der Waals surface area contributed by atoms with Crippen LogP contribution in [0.1, 0.15) is 28.9 Å². The van der Waals surface area contributed by atoms with E-state index in [0.29, 0.717) is 25.5 Å². The summed E-state index contributed by atoms with van der Waals surface area (Å²) in [5.74, 6) is -0.283. The van der Waals surface area contributed by atoms with E-state index in [1.165, 1.54) is 0 Å². The standard InChI is InChI=1S/C15H12Cl3NOS/c1-8(11-4-2-9(16)6-14(11)18)19-15(20)12-7-10(21)3-5-13(12)17/h2-8,21H,1H3,(H,19,20). The summed E-state index contributed by atoms with van der Waals surface area (Å²) in [5.41, 5.74) is 1.16. The zero-order chi connectivity index (χ0) is 15.6. The van der Waals surface area contributed by atoms with Crippen LogP contribution in [0.4, 0.5) is 0 Å². The molecule has 1 atom stereocenters. The molecular weight excluding hydrogens is 349 g/mol. The van der Waals surface area contributed by atoms with E-state index < -0.39 is 0 Å². The molecule has 0 spiro atoms. The lowest BCUT2D eigenvalue weighted by Crippen LogP contribution is -2.27. The summed E-state index contributed by atoms with van der Waals surface area (Å²) in [7, 11) is 0. The molecule has 0 aliphatic rings. The molecule has 0 aliphatic heterocycles. The van der Waals surface area contributed by atoms with Gasteiger partial charge in [0.05, 0.1) is 16.6 Å². The van der Waals surface area contributed by atoms with E-state index in [9.17, 15) is 4.79 Å². The predicted octanol–water partition coefficient (Wildman–Crippen LogP) is 5.43. The molecular formula is C15H12Cl3NOS. The van der Waals surface area contributed by atoms with Gasteiger partial charge in [-0.15, -0.1) is 12.6 Å². The van der Waals surface area contributed by atoms with Crippen molar-refractivity contribution in [2.45, 2.75) is 17.9 Å². The minimum Gasteiger partial charge on any atom is -0.345 e. The Balaban J connectivity index is 2.20. The fourth-order valence-electron chi connectivity index (χ4n) is 1.89. The molecule has 6 heteroatoms. The lowest BCUT2D eigenvalue weighted by atomic mass is 10.1. The molecule has 0 bridgehead atoms. The van der Waals surface area contributed by atoms with E-state index in [2.05, 4.69) is 17.9 Å². The number of carbonyl (C=O) groups is 1. The van der Waals surface area contributed by atoms with Crippen molar-refractivity contribution >= 4 is 53.3 Å². The van der Waals surface area contributed by atoms with Gasteiger partial charge in [0.2, 0.25) is 0 Å². The highest BCUT2D eigenvalue weighted by atomic mass is 35.5. The van der Waals surface area contributed by atoms with E-state index in [0.717, 1.165) is 5.56 Å². The molecule has 2 nitrogen and oxygen atoms in total. The molecule has 0 saturated heterocycles. The van der Waals surface area contributed by atoms with Gasteiger partial charge in [0.25, 0.3) is 5.91 Å². The second-order valence-corrected chi connectivity index (χ2v) is 6.29. The molecule has 0 fully saturated rings. The van der Waals surface area contributed by atoms with E-state index >= 15 is 0 Å². The topological polar surface area (TPSA) is 29.1 Å². The van der Waals surface area contributed by atoms with Crippen molar-refractivity contribution in [2.24, 2.45) is 0 Å². The summed E-state index contributed by atoms with van der Waals surface area (Å²) in [6.07, 6.45) is 0. The second kappa shape index (κ2) is 6.93. The van der Waals surface area contributed by atoms with Crippen molar-refractivity contribution in [1.82, 2.24) is 5.32 Å². The van der Waals surface area contributed by atoms with E-state index in [1.807, 2.05) is 6.92 Å². The highest BCUT2D eigenvalue weighted by Crippen LogP contribution is 2.27. The van der Waals surface area contributed by atoms with Crippen LogP contribution in [0.15, 0.2) is 41.3 Å². The van der Waals surface area contributed by atoms with Crippen molar-refractivity contribution in [3.05, 3.63) is 62.6 Å². The van der Waals surface area contributed by atoms with Crippen LogP contribution in [0, 0.1) is 0 Å². The molecule has 0 aliphatic carbocycles. The molecule has 0 radical (unpaired) electrons. The lowest BCUT2D eigenvalue weighted by Gasteiger charge is -2.16. The summed E-state index contributed by atoms with van der Waals surface area (Å²) in [5, 5.41) is 4.28. The number of nitrogens with one attached hydrogen (secondary N) is 1. The van der Waals surface area contributed by atoms with Gasteiger partial charge in [-0.3, -0.25) is 4.79 Å². The van der Waals surface area contributed by atoms with E-state index in [-0.39, 0.29) is 11.9 Å². The van der Waals surface area contributed by atoms with Gasteiger partial charge in [0.1, 0.15) is 0 Å². The van der Waals surface area contributed by atoms with Crippen LogP contribution < -0.4 is 5.32 Å². The van der Waals surface area contributed by atoms with Crippen molar-refractivity contribution in [1.29, 1.82) is 0 Å². The summed E-state index contributed by atoms with van der Waals surface area (Å²) in [6, 6.07) is 9.86. The van der Waals surface area contributed by atoms with Crippen molar-refractivity contribution < 1.29 is 4.79 Å². The number of benzene rings is 2. The Morgan fingerprint density at radius 2 is 1.81 bits per heavy atom. The first-order valence-corrected chi connectivity index (χ1v) is 7.71. The van der Waals surface area contributed by atoms with Crippen molar-refractivity contribution in [3.8, 4) is 0 Å². The third kappa shape index (κ3) is 4.07. The molecule has 0 saturated carbocycles. The van der Waals surface area contributed by atoms with Crippen LogP contribution in [0.5, 0.6) is 0 Å². The minimum absolute atomic E-state index is 0.276. The molecule has 2 rings (SSSR count). The summed E-state index contributed by atoms with van der Waals surface area (Å²) < 4.78 is 0. The Bertz CT molecular complexity index is 691. The van der Waals surface area contributed by atoms with Crippen LogP contribution in [0.3, 0.4) is 0 Å². The molecule has 1 amide bonds. The van der Waals surface area contributed by atoms with Crippen molar-refractivity contribution in [3.63, 3.8) is 0 Å². The first-order chi connectivity index (χ1) is 9.88. The summed E-state index contributed by atoms with van der Waals surface area (Å²) >= 11 is 22.2. The predicted molar refractivity (Wildman–Crippen MR) is 91.0 cm³/mol. The summed E-state index contributed by atoms with van der Waals surface area (Å²) in [6.45, 7) is 1.84. The molecule has 21 heavy (non-hydrogen) atoms. The highest BCUT2D eigenvalue weighted by molar-refractivity contribution is 7.80. The minimum atomic E-state index is -0.283. The number of hydrogen-bond acceptors (Lipinski definition) is 2. The van der Waals surface area contributed by atoms with Gasteiger partial charge in [-0.1, -0.05) is 40.9 Å². The number of rotatable bonds is 3. The molecule has 2 aromatic rings. The summed E-state index contributed by atoms with van der Waals surface area (Å²) in [4.78, 5) is 12.9. The van der Waals surface area contributed by atoms with Crippen LogP contribution >= 0.6 is 47.4 Å². The quantitative estimate of drug-likeness (QED) is 0.702. The molecule has 1 N–H and O–H groups in total. The fraction of sp³-hybridized carbons (Fsp3) is 0.133. The molecule has 0 aromatic heterocycles. The van der Waals surface area contributed by atoms with Gasteiger partial charge in [-0.2, -0.15) is 0 Å². The maximum atomic E-state index is 12.3. The van der Waals surface area contributed by atoms with Gasteiger partial charge in [0, 0.05) is 14.9 Å².